The first kappa shape index (κ1) is 29.2. The van der Waals surface area contributed by atoms with Gasteiger partial charge in [-0.25, -0.2) is 9.98 Å². The van der Waals surface area contributed by atoms with Crippen LogP contribution < -0.4 is 5.32 Å². The molecule has 1 aliphatic rings. The van der Waals surface area contributed by atoms with Gasteiger partial charge in [0.15, 0.2) is 5.84 Å². The molecule has 1 N–H and O–H groups in total. The zero-order chi connectivity index (χ0) is 33.7. The number of amidine groups is 2. The van der Waals surface area contributed by atoms with Gasteiger partial charge in [0, 0.05) is 21.9 Å². The molecule has 4 heteroatoms. The maximum absolute atomic E-state index is 6.51. The van der Waals surface area contributed by atoms with E-state index in [0.29, 0.717) is 5.84 Å². The number of aliphatic imine (C=N–C) groups is 2. The van der Waals surface area contributed by atoms with Crippen molar-refractivity contribution < 1.29 is 4.42 Å². The molecular weight excluding hydrogens is 623 g/mol. The Bertz CT molecular complexity index is 2850. The normalized spacial score (nSPS) is 14.5. The van der Waals surface area contributed by atoms with Crippen molar-refractivity contribution in [2.45, 2.75) is 6.17 Å². The number of nitrogens with one attached hydrogen (secondary N) is 1. The van der Waals surface area contributed by atoms with E-state index in [1.165, 1.54) is 27.1 Å². The first-order valence-electron chi connectivity index (χ1n) is 17.3. The predicted octanol–water partition coefficient (Wildman–Crippen LogP) is 11.7. The van der Waals surface area contributed by atoms with Crippen LogP contribution in [0.2, 0.25) is 0 Å². The number of hydrogen-bond donors (Lipinski definition) is 1. The van der Waals surface area contributed by atoms with Crippen LogP contribution in [-0.2, 0) is 0 Å². The number of fused-ring (bicyclic) bond motifs is 5. The van der Waals surface area contributed by atoms with E-state index in [1.54, 1.807) is 0 Å². The van der Waals surface area contributed by atoms with Crippen molar-refractivity contribution in [3.05, 3.63) is 193 Å². The highest BCUT2D eigenvalue weighted by molar-refractivity contribution is 6.15. The first-order chi connectivity index (χ1) is 25.2. The van der Waals surface area contributed by atoms with Gasteiger partial charge in [0.05, 0.1) is 0 Å². The van der Waals surface area contributed by atoms with Crippen molar-refractivity contribution in [1.29, 1.82) is 0 Å². The average Bonchev–Trinajstić information content (AvgIpc) is 3.59. The van der Waals surface area contributed by atoms with Crippen LogP contribution in [0.3, 0.4) is 0 Å². The molecule has 8 aromatic carbocycles. The maximum atomic E-state index is 6.51. The molecule has 2 heterocycles. The highest BCUT2D eigenvalue weighted by atomic mass is 16.3. The van der Waals surface area contributed by atoms with Gasteiger partial charge in [-0.05, 0) is 85.8 Å². The quantitative estimate of drug-likeness (QED) is 0.201. The summed E-state index contributed by atoms with van der Waals surface area (Å²) in [6.45, 7) is 0. The van der Waals surface area contributed by atoms with Crippen LogP contribution in [-0.4, -0.2) is 11.7 Å². The van der Waals surface area contributed by atoms with Crippen LogP contribution in [0.25, 0.3) is 65.7 Å². The van der Waals surface area contributed by atoms with E-state index in [0.717, 1.165) is 61.2 Å². The van der Waals surface area contributed by atoms with Crippen molar-refractivity contribution in [3.8, 4) is 22.3 Å². The van der Waals surface area contributed by atoms with Gasteiger partial charge < -0.3 is 9.73 Å². The fourth-order valence-electron chi connectivity index (χ4n) is 7.31. The van der Waals surface area contributed by atoms with Crippen molar-refractivity contribution in [1.82, 2.24) is 5.32 Å². The summed E-state index contributed by atoms with van der Waals surface area (Å²) >= 11 is 0. The molecular formula is C47H31N3O. The fraction of sp³-hybridized carbons (Fsp3) is 0.0213. The molecule has 0 amide bonds. The van der Waals surface area contributed by atoms with Crippen molar-refractivity contribution in [2.24, 2.45) is 9.98 Å². The molecule has 0 bridgehead atoms. The number of benzene rings is 8. The predicted molar refractivity (Wildman–Crippen MR) is 211 cm³/mol. The molecule has 0 spiro atoms. The summed E-state index contributed by atoms with van der Waals surface area (Å²) in [4.78, 5) is 10.3. The van der Waals surface area contributed by atoms with E-state index in [1.807, 2.05) is 18.2 Å². The smallest absolute Gasteiger partial charge is 0.159 e. The molecule has 1 aromatic heterocycles. The second-order valence-electron chi connectivity index (χ2n) is 13.1. The lowest BCUT2D eigenvalue weighted by Gasteiger charge is -2.24. The Morgan fingerprint density at radius 1 is 0.451 bits per heavy atom. The van der Waals surface area contributed by atoms with Gasteiger partial charge in [-0.1, -0.05) is 140 Å². The third kappa shape index (κ3) is 5.25. The second kappa shape index (κ2) is 12.0. The molecule has 1 aliphatic heterocycles. The summed E-state index contributed by atoms with van der Waals surface area (Å²) < 4.78 is 6.51. The molecule has 51 heavy (non-hydrogen) atoms. The van der Waals surface area contributed by atoms with Gasteiger partial charge in [-0.2, -0.15) is 0 Å². The Kier molecular flexibility index (Phi) is 6.85. The van der Waals surface area contributed by atoms with Gasteiger partial charge in [-0.15, -0.1) is 0 Å². The average molecular weight is 654 g/mol. The van der Waals surface area contributed by atoms with Crippen molar-refractivity contribution in [3.63, 3.8) is 0 Å². The van der Waals surface area contributed by atoms with Gasteiger partial charge >= 0.3 is 0 Å². The zero-order valence-electron chi connectivity index (χ0n) is 27.6. The molecule has 1 unspecified atom stereocenters. The summed E-state index contributed by atoms with van der Waals surface area (Å²) in [5, 5.41) is 10.7. The summed E-state index contributed by atoms with van der Waals surface area (Å²) in [5.41, 5.74) is 9.29. The SMILES string of the molecule is c1ccc(C2=NC(c3cccc(-c4cccc5oc6cc(-c7ccc8ccccc8c7)ccc6c45)c3)=NC(c3ccc4ccccc4c3)N2)cc1. The Morgan fingerprint density at radius 2 is 1.12 bits per heavy atom. The van der Waals surface area contributed by atoms with Gasteiger partial charge in [0.2, 0.25) is 0 Å². The van der Waals surface area contributed by atoms with Crippen LogP contribution in [0.1, 0.15) is 22.9 Å². The largest absolute Gasteiger partial charge is 0.456 e. The molecule has 1 atom stereocenters. The van der Waals surface area contributed by atoms with E-state index in [2.05, 4.69) is 163 Å². The molecule has 10 rings (SSSR count). The monoisotopic (exact) mass is 653 g/mol. The highest BCUT2D eigenvalue weighted by Crippen LogP contribution is 2.39. The van der Waals surface area contributed by atoms with Crippen LogP contribution in [0.15, 0.2) is 190 Å². The maximum Gasteiger partial charge on any atom is 0.159 e. The van der Waals surface area contributed by atoms with Crippen LogP contribution in [0.5, 0.6) is 0 Å². The minimum absolute atomic E-state index is 0.293. The Hall–Kier alpha value is -6.78. The molecule has 0 radical (unpaired) electrons. The summed E-state index contributed by atoms with van der Waals surface area (Å²) in [5.74, 6) is 1.49. The summed E-state index contributed by atoms with van der Waals surface area (Å²) in [6.07, 6.45) is -0.293. The molecule has 4 nitrogen and oxygen atoms in total. The number of rotatable bonds is 5. The lowest BCUT2D eigenvalue weighted by molar-refractivity contribution is 0.669. The third-order valence-corrected chi connectivity index (χ3v) is 9.89. The van der Waals surface area contributed by atoms with E-state index >= 15 is 0 Å². The van der Waals surface area contributed by atoms with Crippen LogP contribution in [0, 0.1) is 0 Å². The van der Waals surface area contributed by atoms with Gasteiger partial charge in [-0.3, -0.25) is 0 Å². The lowest BCUT2D eigenvalue weighted by atomic mass is 9.96. The van der Waals surface area contributed by atoms with Gasteiger partial charge in [0.1, 0.15) is 23.2 Å². The molecule has 0 aliphatic carbocycles. The summed E-state index contributed by atoms with van der Waals surface area (Å²) in [6, 6.07) is 61.7. The van der Waals surface area contributed by atoms with Crippen molar-refractivity contribution in [2.75, 3.05) is 0 Å². The second-order valence-corrected chi connectivity index (χ2v) is 13.1. The summed E-state index contributed by atoms with van der Waals surface area (Å²) in [7, 11) is 0. The number of nitrogens with zero attached hydrogens (tertiary/aromatic N) is 2. The molecule has 0 saturated carbocycles. The Balaban J connectivity index is 1.06. The molecule has 0 saturated heterocycles. The van der Waals surface area contributed by atoms with Crippen LogP contribution >= 0.6 is 0 Å². The lowest BCUT2D eigenvalue weighted by Crippen LogP contribution is -2.33. The van der Waals surface area contributed by atoms with Gasteiger partial charge in [0.25, 0.3) is 0 Å². The van der Waals surface area contributed by atoms with E-state index in [-0.39, 0.29) is 6.17 Å². The third-order valence-electron chi connectivity index (χ3n) is 9.89. The van der Waals surface area contributed by atoms with E-state index in [9.17, 15) is 0 Å². The highest BCUT2D eigenvalue weighted by Gasteiger charge is 2.22. The topological polar surface area (TPSA) is 49.9 Å². The minimum atomic E-state index is -0.293. The Morgan fingerprint density at radius 3 is 1.96 bits per heavy atom. The Labute approximate surface area is 295 Å². The van der Waals surface area contributed by atoms with Crippen molar-refractivity contribution >= 4 is 55.2 Å². The molecule has 9 aromatic rings. The molecule has 0 fully saturated rings. The van der Waals surface area contributed by atoms with Crippen LogP contribution in [0.4, 0.5) is 0 Å². The first-order valence-corrected chi connectivity index (χ1v) is 17.3. The number of furan rings is 1. The molecule has 240 valence electrons. The van der Waals surface area contributed by atoms with E-state index < -0.39 is 0 Å². The fourth-order valence-corrected chi connectivity index (χ4v) is 7.31. The zero-order valence-corrected chi connectivity index (χ0v) is 27.6. The minimum Gasteiger partial charge on any atom is -0.456 e. The standard InChI is InChI=1S/C47H31N3O/c1-2-12-32(13-3-1)45-48-46(50-47(49-45)39-23-21-31-11-5-7-15-34(31)27-39)38-17-8-16-37(28-38)40-18-9-19-42-44(40)41-25-24-36(29-43(41)51-42)35-22-20-30-10-4-6-14-33(30)26-35/h1-29,47H,(H,48,49,50). The van der Waals surface area contributed by atoms with E-state index in [4.69, 9.17) is 14.4 Å². The number of hydrogen-bond acceptors (Lipinski definition) is 4.